The minimum Gasteiger partial charge on any atom is -0.439 e. The van der Waals surface area contributed by atoms with E-state index in [9.17, 15) is 10.1 Å². The lowest BCUT2D eigenvalue weighted by atomic mass is 9.83. The normalized spacial score (nSPS) is 16.2. The SMILES string of the molecule is N#CC1=C(N)Oc2c(c(=O)[nH]c3ccccc23)[C@@H]1c1c[nH]c2ccccc12. The molecular formula is C21H14N4O2. The average molecular weight is 354 g/mol. The highest BCUT2D eigenvalue weighted by Crippen LogP contribution is 2.44. The monoisotopic (exact) mass is 354 g/mol. The Morgan fingerprint density at radius 2 is 1.74 bits per heavy atom. The zero-order chi connectivity index (χ0) is 18.5. The fraction of sp³-hybridized carbons (Fsp3) is 0.0476. The summed E-state index contributed by atoms with van der Waals surface area (Å²) < 4.78 is 5.77. The molecule has 0 fully saturated rings. The zero-order valence-corrected chi connectivity index (χ0v) is 14.1. The maximum atomic E-state index is 13.0. The second-order valence-electron chi connectivity index (χ2n) is 6.46. The van der Waals surface area contributed by atoms with E-state index < -0.39 is 5.92 Å². The molecule has 6 nitrogen and oxygen atoms in total. The van der Waals surface area contributed by atoms with Crippen LogP contribution in [0, 0.1) is 11.3 Å². The highest BCUT2D eigenvalue weighted by Gasteiger charge is 2.35. The number of nitrogens with zero attached hydrogens (tertiary/aromatic N) is 1. The molecule has 2 aromatic heterocycles. The number of rotatable bonds is 1. The van der Waals surface area contributed by atoms with Crippen LogP contribution in [-0.2, 0) is 0 Å². The molecule has 0 bridgehead atoms. The van der Waals surface area contributed by atoms with Gasteiger partial charge in [0.1, 0.15) is 17.4 Å². The number of hydrogen-bond donors (Lipinski definition) is 3. The van der Waals surface area contributed by atoms with Crippen LogP contribution >= 0.6 is 0 Å². The van der Waals surface area contributed by atoms with E-state index in [0.717, 1.165) is 21.9 Å². The van der Waals surface area contributed by atoms with Gasteiger partial charge in [-0.2, -0.15) is 5.26 Å². The minimum absolute atomic E-state index is 0.0241. The number of ether oxygens (including phenoxy) is 1. The van der Waals surface area contributed by atoms with E-state index in [1.807, 2.05) is 48.7 Å². The van der Waals surface area contributed by atoms with E-state index >= 15 is 0 Å². The third-order valence-corrected chi connectivity index (χ3v) is 5.02. The maximum Gasteiger partial charge on any atom is 0.256 e. The third-order valence-electron chi connectivity index (χ3n) is 5.02. The van der Waals surface area contributed by atoms with Gasteiger partial charge in [0.15, 0.2) is 0 Å². The van der Waals surface area contributed by atoms with E-state index in [1.54, 1.807) is 6.07 Å². The van der Waals surface area contributed by atoms with Gasteiger partial charge >= 0.3 is 0 Å². The fourth-order valence-corrected chi connectivity index (χ4v) is 3.82. The van der Waals surface area contributed by atoms with Crippen molar-refractivity contribution in [3.63, 3.8) is 0 Å². The number of pyridine rings is 1. The van der Waals surface area contributed by atoms with Crippen LogP contribution in [0.2, 0.25) is 0 Å². The van der Waals surface area contributed by atoms with E-state index in [1.165, 1.54) is 0 Å². The summed E-state index contributed by atoms with van der Waals surface area (Å²) in [6.45, 7) is 0. The van der Waals surface area contributed by atoms with Crippen LogP contribution in [0.25, 0.3) is 21.8 Å². The molecule has 4 aromatic rings. The molecule has 2 aromatic carbocycles. The van der Waals surface area contributed by atoms with E-state index in [4.69, 9.17) is 10.5 Å². The van der Waals surface area contributed by atoms with E-state index in [2.05, 4.69) is 16.0 Å². The van der Waals surface area contributed by atoms with Crippen LogP contribution in [-0.4, -0.2) is 9.97 Å². The van der Waals surface area contributed by atoms with E-state index in [0.29, 0.717) is 16.8 Å². The lowest BCUT2D eigenvalue weighted by Gasteiger charge is -2.26. The van der Waals surface area contributed by atoms with Crippen molar-refractivity contribution in [2.75, 3.05) is 0 Å². The van der Waals surface area contributed by atoms with Crippen molar-refractivity contribution >= 4 is 21.8 Å². The van der Waals surface area contributed by atoms with Gasteiger partial charge in [-0.3, -0.25) is 4.79 Å². The third kappa shape index (κ3) is 2.09. The molecule has 6 heteroatoms. The molecular weight excluding hydrogens is 340 g/mol. The summed E-state index contributed by atoms with van der Waals surface area (Å²) in [7, 11) is 0. The summed E-state index contributed by atoms with van der Waals surface area (Å²) in [5.41, 5.74) is 8.83. The summed E-state index contributed by atoms with van der Waals surface area (Å²) >= 11 is 0. The predicted octanol–water partition coefficient (Wildman–Crippen LogP) is 3.23. The quantitative estimate of drug-likeness (QED) is 0.488. The Kier molecular flexibility index (Phi) is 3.12. The Balaban J connectivity index is 1.90. The minimum atomic E-state index is -0.608. The number of benzene rings is 2. The van der Waals surface area contributed by atoms with Crippen molar-refractivity contribution in [1.82, 2.24) is 9.97 Å². The van der Waals surface area contributed by atoms with Crippen molar-refractivity contribution in [2.45, 2.75) is 5.92 Å². The summed E-state index contributed by atoms with van der Waals surface area (Å²) in [6, 6.07) is 17.3. The van der Waals surface area contributed by atoms with Gasteiger partial charge in [-0.25, -0.2) is 0 Å². The summed E-state index contributed by atoms with van der Waals surface area (Å²) in [6.07, 6.45) is 1.82. The summed E-state index contributed by atoms with van der Waals surface area (Å²) in [4.78, 5) is 19.1. The second kappa shape index (κ2) is 5.51. The van der Waals surface area contributed by atoms with Crippen molar-refractivity contribution in [1.29, 1.82) is 5.26 Å². The topological polar surface area (TPSA) is 108 Å². The number of para-hydroxylation sites is 2. The Bertz CT molecular complexity index is 1350. The Labute approximate surface area is 153 Å². The molecule has 1 aliphatic rings. The van der Waals surface area contributed by atoms with Crippen molar-refractivity contribution < 1.29 is 4.74 Å². The zero-order valence-electron chi connectivity index (χ0n) is 14.1. The van der Waals surface area contributed by atoms with Crippen LogP contribution in [0.5, 0.6) is 5.75 Å². The van der Waals surface area contributed by atoms with Gasteiger partial charge < -0.3 is 20.4 Å². The van der Waals surface area contributed by atoms with Gasteiger partial charge in [0, 0.05) is 22.5 Å². The van der Waals surface area contributed by atoms with Crippen LogP contribution in [0.15, 0.2) is 71.0 Å². The first-order valence-electron chi connectivity index (χ1n) is 8.47. The standard InChI is InChI=1S/C21H14N4O2/c22-9-13-17(14-10-24-15-7-3-1-5-11(14)15)18-19(27-20(13)23)12-6-2-4-8-16(12)25-21(18)26/h1-8,10,17,24H,23H2,(H,25,26)/t17-/m0/s1. The molecule has 0 aliphatic carbocycles. The van der Waals surface area contributed by atoms with Crippen LogP contribution in [0.1, 0.15) is 17.0 Å². The van der Waals surface area contributed by atoms with Gasteiger partial charge in [-0.15, -0.1) is 0 Å². The lowest BCUT2D eigenvalue weighted by molar-refractivity contribution is 0.397. The first kappa shape index (κ1) is 15.3. The average Bonchev–Trinajstić information content (AvgIpc) is 3.11. The number of hydrogen-bond acceptors (Lipinski definition) is 4. The summed E-state index contributed by atoms with van der Waals surface area (Å²) in [5.74, 6) is -0.180. The highest BCUT2D eigenvalue weighted by molar-refractivity contribution is 5.89. The first-order valence-corrected chi connectivity index (χ1v) is 8.47. The molecule has 0 saturated heterocycles. The number of nitriles is 1. The molecule has 0 radical (unpaired) electrons. The maximum absolute atomic E-state index is 13.0. The van der Waals surface area contributed by atoms with Gasteiger partial charge in [-0.1, -0.05) is 30.3 Å². The van der Waals surface area contributed by atoms with Crippen LogP contribution in [0.3, 0.4) is 0 Å². The van der Waals surface area contributed by atoms with Gasteiger partial charge in [0.05, 0.1) is 17.0 Å². The number of fused-ring (bicyclic) bond motifs is 4. The number of aromatic amines is 2. The molecule has 5 rings (SSSR count). The number of nitrogens with one attached hydrogen (secondary N) is 2. The Hall–Kier alpha value is -3.98. The molecule has 0 amide bonds. The van der Waals surface area contributed by atoms with Crippen molar-refractivity contribution in [3.05, 3.63) is 87.7 Å². The largest absolute Gasteiger partial charge is 0.439 e. The summed E-state index contributed by atoms with van der Waals surface area (Å²) in [5, 5.41) is 11.4. The fourth-order valence-electron chi connectivity index (χ4n) is 3.82. The molecule has 27 heavy (non-hydrogen) atoms. The number of nitrogens with two attached hydrogens (primary N) is 1. The molecule has 0 spiro atoms. The van der Waals surface area contributed by atoms with Crippen LogP contribution < -0.4 is 16.0 Å². The number of aromatic nitrogens is 2. The van der Waals surface area contributed by atoms with Crippen LogP contribution in [0.4, 0.5) is 0 Å². The van der Waals surface area contributed by atoms with Gasteiger partial charge in [0.25, 0.3) is 5.56 Å². The predicted molar refractivity (Wildman–Crippen MR) is 102 cm³/mol. The molecule has 4 N–H and O–H groups in total. The van der Waals surface area contributed by atoms with E-state index in [-0.39, 0.29) is 17.0 Å². The van der Waals surface area contributed by atoms with Gasteiger partial charge in [-0.05, 0) is 23.8 Å². The molecule has 1 atom stereocenters. The molecule has 1 aliphatic heterocycles. The highest BCUT2D eigenvalue weighted by atomic mass is 16.5. The smallest absolute Gasteiger partial charge is 0.256 e. The first-order chi connectivity index (χ1) is 13.2. The number of allylic oxidation sites excluding steroid dienone is 1. The molecule has 130 valence electrons. The Morgan fingerprint density at radius 3 is 2.52 bits per heavy atom. The molecule has 0 unspecified atom stereocenters. The molecule has 0 saturated carbocycles. The molecule has 3 heterocycles. The number of H-pyrrole nitrogens is 2. The second-order valence-corrected chi connectivity index (χ2v) is 6.46. The lowest BCUT2D eigenvalue weighted by Crippen LogP contribution is -2.27. The van der Waals surface area contributed by atoms with Crippen molar-refractivity contribution in [3.8, 4) is 11.8 Å². The Morgan fingerprint density at radius 1 is 1.04 bits per heavy atom. The van der Waals surface area contributed by atoms with Gasteiger partial charge in [0.2, 0.25) is 5.88 Å². The van der Waals surface area contributed by atoms with Crippen molar-refractivity contribution in [2.24, 2.45) is 5.73 Å².